The summed E-state index contributed by atoms with van der Waals surface area (Å²) in [7, 11) is 1.50. The monoisotopic (exact) mass is 306 g/mol. The molecule has 3 nitrogen and oxygen atoms in total. The van der Waals surface area contributed by atoms with Crippen LogP contribution in [-0.4, -0.2) is 14.5 Å². The van der Waals surface area contributed by atoms with Crippen LogP contribution in [0.2, 0.25) is 5.02 Å². The van der Waals surface area contributed by atoms with Crippen LogP contribution in [0.1, 0.15) is 19.3 Å². The third kappa shape index (κ3) is 3.40. The molecule has 0 saturated heterocycles. The van der Waals surface area contributed by atoms with Gasteiger partial charge in [-0.3, -0.25) is 0 Å². The molecule has 1 unspecified atom stereocenters. The molecule has 0 saturated carbocycles. The average molecular weight is 307 g/mol. The largest absolute Gasteiger partial charge is 0.485 e. The van der Waals surface area contributed by atoms with E-state index in [0.29, 0.717) is 5.02 Å². The molecule has 0 N–H and O–H groups in total. The van der Waals surface area contributed by atoms with Crippen LogP contribution in [0.4, 0.5) is 0 Å². The third-order valence-electron chi connectivity index (χ3n) is 2.66. The van der Waals surface area contributed by atoms with Crippen LogP contribution < -0.4 is 4.74 Å². The molecule has 18 heavy (non-hydrogen) atoms. The zero-order chi connectivity index (χ0) is 13.2. The molecule has 1 atom stereocenters. The zero-order valence-electron chi connectivity index (χ0n) is 9.47. The highest BCUT2D eigenvalue weighted by Gasteiger charge is 2.20. The molecule has 0 heterocycles. The highest BCUT2D eigenvalue weighted by Crippen LogP contribution is 2.31. The minimum Gasteiger partial charge on any atom is -0.485 e. The summed E-state index contributed by atoms with van der Waals surface area (Å²) < 4.78 is 28.6. The van der Waals surface area contributed by atoms with Crippen molar-refractivity contribution in [2.24, 2.45) is 0 Å². The number of allylic oxidation sites excluding steroid dienone is 1. The first-order chi connectivity index (χ1) is 8.47. The summed E-state index contributed by atoms with van der Waals surface area (Å²) in [5, 5.41) is 0.306. The Hall–Kier alpha value is -0.710. The lowest BCUT2D eigenvalue weighted by molar-refractivity contribution is 0.224. The normalized spacial score (nSPS) is 19.8. The number of ether oxygens (including phenoxy) is 1. The van der Waals surface area contributed by atoms with Gasteiger partial charge in [-0.2, -0.15) is 0 Å². The molecule has 0 bridgehead atoms. The van der Waals surface area contributed by atoms with Crippen LogP contribution in [0, 0.1) is 0 Å². The quantitative estimate of drug-likeness (QED) is 0.631. The van der Waals surface area contributed by atoms with Crippen molar-refractivity contribution in [3.05, 3.63) is 35.4 Å². The topological polar surface area (TPSA) is 43.4 Å². The molecule has 0 amide bonds. The minimum absolute atomic E-state index is 0.0874. The van der Waals surface area contributed by atoms with E-state index in [1.54, 1.807) is 6.07 Å². The summed E-state index contributed by atoms with van der Waals surface area (Å²) in [5.74, 6) is 0.242. The Labute approximate surface area is 116 Å². The molecule has 0 radical (unpaired) electrons. The van der Waals surface area contributed by atoms with E-state index in [2.05, 4.69) is 0 Å². The summed E-state index contributed by atoms with van der Waals surface area (Å²) in [6.45, 7) is 0. The standard InChI is InChI=1S/C12H12Cl2O3S/c13-9-6-7-11(12(8-9)18(14,15)16)17-10-4-2-1-3-5-10/h2,4,6-8,10H,1,3,5H2. The van der Waals surface area contributed by atoms with Gasteiger partial charge in [-0.05, 0) is 43.5 Å². The van der Waals surface area contributed by atoms with E-state index < -0.39 is 9.05 Å². The fourth-order valence-corrected chi connectivity index (χ4v) is 3.03. The Morgan fingerprint density at radius 1 is 1.33 bits per heavy atom. The minimum atomic E-state index is -3.87. The molecule has 1 aliphatic rings. The molecule has 0 fully saturated rings. The van der Waals surface area contributed by atoms with Crippen molar-refractivity contribution in [3.8, 4) is 5.75 Å². The van der Waals surface area contributed by atoms with Crippen molar-refractivity contribution in [2.75, 3.05) is 0 Å². The van der Waals surface area contributed by atoms with Gasteiger partial charge >= 0.3 is 0 Å². The summed E-state index contributed by atoms with van der Waals surface area (Å²) in [6, 6.07) is 4.40. The first-order valence-electron chi connectivity index (χ1n) is 5.54. The van der Waals surface area contributed by atoms with Crippen molar-refractivity contribution in [1.82, 2.24) is 0 Å². The van der Waals surface area contributed by atoms with Crippen molar-refractivity contribution in [2.45, 2.75) is 30.3 Å². The Bertz CT molecular complexity index is 567. The predicted octanol–water partition coefficient (Wildman–Crippen LogP) is 3.76. The number of hydrogen-bond acceptors (Lipinski definition) is 3. The molecule has 1 aromatic carbocycles. The van der Waals surface area contributed by atoms with Gasteiger partial charge in [0.25, 0.3) is 9.05 Å². The second-order valence-corrected chi connectivity index (χ2v) is 7.02. The highest BCUT2D eigenvalue weighted by atomic mass is 35.7. The third-order valence-corrected chi connectivity index (χ3v) is 4.24. The van der Waals surface area contributed by atoms with Gasteiger partial charge in [-0.1, -0.05) is 17.7 Å². The second kappa shape index (κ2) is 5.51. The van der Waals surface area contributed by atoms with E-state index >= 15 is 0 Å². The van der Waals surface area contributed by atoms with Gasteiger partial charge < -0.3 is 4.74 Å². The smallest absolute Gasteiger partial charge is 0.265 e. The fraction of sp³-hybridized carbons (Fsp3) is 0.333. The lowest BCUT2D eigenvalue weighted by Gasteiger charge is -2.19. The maximum absolute atomic E-state index is 11.5. The average Bonchev–Trinajstić information content (AvgIpc) is 2.31. The van der Waals surface area contributed by atoms with E-state index in [1.807, 2.05) is 12.2 Å². The van der Waals surface area contributed by atoms with Gasteiger partial charge in [0.1, 0.15) is 16.7 Å². The van der Waals surface area contributed by atoms with Crippen LogP contribution in [-0.2, 0) is 9.05 Å². The lowest BCUT2D eigenvalue weighted by atomic mass is 10.1. The maximum Gasteiger partial charge on any atom is 0.265 e. The summed E-state index contributed by atoms with van der Waals surface area (Å²) in [5.41, 5.74) is 0. The molecule has 6 heteroatoms. The Morgan fingerprint density at radius 2 is 2.11 bits per heavy atom. The molecule has 98 valence electrons. The van der Waals surface area contributed by atoms with Crippen molar-refractivity contribution in [3.63, 3.8) is 0 Å². The van der Waals surface area contributed by atoms with Crippen LogP contribution in [0.15, 0.2) is 35.2 Å². The predicted molar refractivity (Wildman–Crippen MR) is 71.9 cm³/mol. The molecule has 0 aliphatic heterocycles. The summed E-state index contributed by atoms with van der Waals surface area (Å²) in [6.07, 6.45) is 6.76. The van der Waals surface area contributed by atoms with Crippen molar-refractivity contribution < 1.29 is 13.2 Å². The molecular weight excluding hydrogens is 295 g/mol. The fourth-order valence-electron chi connectivity index (χ4n) is 1.81. The molecular formula is C12H12Cl2O3S. The Morgan fingerprint density at radius 3 is 2.72 bits per heavy atom. The first kappa shape index (κ1) is 13.7. The van der Waals surface area contributed by atoms with Gasteiger partial charge in [0.15, 0.2) is 0 Å². The second-order valence-electron chi connectivity index (χ2n) is 4.04. The van der Waals surface area contributed by atoms with Crippen LogP contribution in [0.25, 0.3) is 0 Å². The number of rotatable bonds is 3. The molecule has 1 aromatic rings. The van der Waals surface area contributed by atoms with Crippen LogP contribution in [0.5, 0.6) is 5.75 Å². The van der Waals surface area contributed by atoms with Gasteiger partial charge in [-0.15, -0.1) is 0 Å². The van der Waals surface area contributed by atoms with Crippen LogP contribution in [0.3, 0.4) is 0 Å². The van der Waals surface area contributed by atoms with Crippen LogP contribution >= 0.6 is 22.3 Å². The van der Waals surface area contributed by atoms with Gasteiger partial charge in [0.05, 0.1) is 0 Å². The maximum atomic E-state index is 11.5. The number of hydrogen-bond donors (Lipinski definition) is 0. The van der Waals surface area contributed by atoms with Crippen molar-refractivity contribution in [1.29, 1.82) is 0 Å². The van der Waals surface area contributed by atoms with Gasteiger partial charge in [0, 0.05) is 15.7 Å². The van der Waals surface area contributed by atoms with E-state index in [0.717, 1.165) is 19.3 Å². The lowest BCUT2D eigenvalue weighted by Crippen LogP contribution is -2.16. The van der Waals surface area contributed by atoms with E-state index in [1.165, 1.54) is 12.1 Å². The van der Waals surface area contributed by atoms with Gasteiger partial charge in [0.2, 0.25) is 0 Å². The molecule has 0 aromatic heterocycles. The summed E-state index contributed by atoms with van der Waals surface area (Å²) >= 11 is 5.77. The van der Waals surface area contributed by atoms with E-state index in [-0.39, 0.29) is 16.7 Å². The number of halogens is 2. The summed E-state index contributed by atoms with van der Waals surface area (Å²) in [4.78, 5) is -0.0874. The first-order valence-corrected chi connectivity index (χ1v) is 8.23. The van der Waals surface area contributed by atoms with Gasteiger partial charge in [-0.25, -0.2) is 8.42 Å². The van der Waals surface area contributed by atoms with Crippen molar-refractivity contribution >= 4 is 31.3 Å². The van der Waals surface area contributed by atoms with E-state index in [9.17, 15) is 8.42 Å². The Kier molecular flexibility index (Phi) is 4.20. The molecule has 1 aliphatic carbocycles. The molecule has 0 spiro atoms. The van der Waals surface area contributed by atoms with E-state index in [4.69, 9.17) is 27.0 Å². The zero-order valence-corrected chi connectivity index (χ0v) is 11.8. The Balaban J connectivity index is 2.32. The number of benzene rings is 1. The SMILES string of the molecule is O=S(=O)(Cl)c1cc(Cl)ccc1OC1C=CCCC1. The highest BCUT2D eigenvalue weighted by molar-refractivity contribution is 8.13. The molecule has 2 rings (SSSR count).